The molecule has 2 aliphatic heterocycles. The first-order valence-electron chi connectivity index (χ1n) is 10.3. The Kier molecular flexibility index (Phi) is 8.38. The Bertz CT molecular complexity index is 713. The smallest absolute Gasteiger partial charge is 0.407 e. The highest BCUT2D eigenvalue weighted by Crippen LogP contribution is 2.45. The molecule has 5 atom stereocenters. The summed E-state index contributed by atoms with van der Waals surface area (Å²) in [6, 6.07) is 0.0235. The molecule has 3 fully saturated rings. The number of carbonyl (C=O) groups is 3. The molecule has 1 amide bonds. The van der Waals surface area contributed by atoms with Crippen LogP contribution in [-0.2, 0) is 38.0 Å². The Balaban J connectivity index is 1.78. The van der Waals surface area contributed by atoms with Crippen LogP contribution in [0.15, 0.2) is 0 Å². The molecule has 182 valence electrons. The topological polar surface area (TPSA) is 119 Å². The minimum atomic E-state index is -2.00. The first-order valence-corrected chi connectivity index (χ1v) is 11.5. The van der Waals surface area contributed by atoms with Crippen LogP contribution in [0.4, 0.5) is 4.79 Å². The second-order valence-electron chi connectivity index (χ2n) is 7.95. The zero-order valence-electron chi connectivity index (χ0n) is 17.6. The number of fused-ring (bicyclic) bond motifs is 1. The van der Waals surface area contributed by atoms with Crippen molar-refractivity contribution in [2.24, 2.45) is 0 Å². The van der Waals surface area contributed by atoms with Gasteiger partial charge >= 0.3 is 18.0 Å². The lowest BCUT2D eigenvalue weighted by Gasteiger charge is -2.43. The summed E-state index contributed by atoms with van der Waals surface area (Å²) in [5, 5.41) is 2.83. The van der Waals surface area contributed by atoms with E-state index < -0.39 is 58.8 Å². The number of hydrogen-bond donors (Lipinski definition) is 1. The summed E-state index contributed by atoms with van der Waals surface area (Å²) in [6.07, 6.45) is -0.307. The maximum Gasteiger partial charge on any atom is 0.407 e. The lowest BCUT2D eigenvalue weighted by molar-refractivity contribution is -0.318. The molecule has 3 rings (SSSR count). The summed E-state index contributed by atoms with van der Waals surface area (Å²) in [4.78, 5) is 35.7. The fourth-order valence-electron chi connectivity index (χ4n) is 4.02. The van der Waals surface area contributed by atoms with Crippen LogP contribution >= 0.6 is 34.8 Å². The van der Waals surface area contributed by atoms with Gasteiger partial charge in [0, 0.05) is 19.9 Å². The van der Waals surface area contributed by atoms with Gasteiger partial charge in [-0.05, 0) is 12.8 Å². The molecule has 0 spiro atoms. The molecular formula is C19H26Cl3NO9. The predicted molar refractivity (Wildman–Crippen MR) is 111 cm³/mol. The SMILES string of the molecule is CC(=O)OC[C@]1(OC(C)=O)OC[C@@H](OC(=O)NC2CCCCC2)[C@@H]2O[C@@H](C(Cl)(Cl)Cl)O[C@@H]21. The lowest BCUT2D eigenvalue weighted by atomic mass is 9.96. The van der Waals surface area contributed by atoms with E-state index in [1.165, 1.54) is 6.92 Å². The molecule has 0 radical (unpaired) electrons. The summed E-state index contributed by atoms with van der Waals surface area (Å²) < 4.78 is 31.1. The largest absolute Gasteiger partial charge is 0.459 e. The normalized spacial score (nSPS) is 33.2. The first kappa shape index (κ1) is 25.6. The summed E-state index contributed by atoms with van der Waals surface area (Å²) in [5.74, 6) is -3.25. The van der Waals surface area contributed by atoms with Crippen molar-refractivity contribution < 1.29 is 42.8 Å². The molecule has 0 aromatic carbocycles. The maximum atomic E-state index is 12.5. The van der Waals surface area contributed by atoms with E-state index in [4.69, 9.17) is 63.2 Å². The Hall–Kier alpha value is -1.04. The Labute approximate surface area is 200 Å². The molecule has 10 nitrogen and oxygen atoms in total. The van der Waals surface area contributed by atoms with Gasteiger partial charge in [-0.25, -0.2) is 4.79 Å². The van der Waals surface area contributed by atoms with Crippen LogP contribution in [0.1, 0.15) is 46.0 Å². The zero-order valence-corrected chi connectivity index (χ0v) is 19.9. The van der Waals surface area contributed by atoms with Gasteiger partial charge < -0.3 is 33.7 Å². The van der Waals surface area contributed by atoms with Gasteiger partial charge in [0.05, 0.1) is 6.61 Å². The summed E-state index contributed by atoms with van der Waals surface area (Å²) in [5.41, 5.74) is 0. The molecule has 1 saturated carbocycles. The first-order chi connectivity index (χ1) is 15.0. The number of carbonyl (C=O) groups excluding carboxylic acids is 3. The van der Waals surface area contributed by atoms with Crippen molar-refractivity contribution in [1.29, 1.82) is 0 Å². The van der Waals surface area contributed by atoms with E-state index in [1.807, 2.05) is 0 Å². The quantitative estimate of drug-likeness (QED) is 0.333. The Morgan fingerprint density at radius 1 is 1.06 bits per heavy atom. The Morgan fingerprint density at radius 2 is 1.75 bits per heavy atom. The summed E-state index contributed by atoms with van der Waals surface area (Å²) >= 11 is 17.8. The van der Waals surface area contributed by atoms with Gasteiger partial charge in [-0.1, -0.05) is 54.1 Å². The molecule has 2 heterocycles. The number of ether oxygens (including phenoxy) is 6. The average Bonchev–Trinajstić information content (AvgIpc) is 3.16. The highest BCUT2D eigenvalue weighted by molar-refractivity contribution is 6.67. The van der Waals surface area contributed by atoms with Crippen molar-refractivity contribution in [2.75, 3.05) is 13.2 Å². The van der Waals surface area contributed by atoms with E-state index in [2.05, 4.69) is 5.32 Å². The number of rotatable bonds is 5. The number of esters is 2. The van der Waals surface area contributed by atoms with Crippen molar-refractivity contribution in [3.63, 3.8) is 0 Å². The van der Waals surface area contributed by atoms with E-state index in [1.54, 1.807) is 0 Å². The summed E-state index contributed by atoms with van der Waals surface area (Å²) in [6.45, 7) is 1.58. The second kappa shape index (κ2) is 10.5. The number of alkyl halides is 3. The maximum absolute atomic E-state index is 12.5. The van der Waals surface area contributed by atoms with Crippen molar-refractivity contribution >= 4 is 52.8 Å². The lowest BCUT2D eigenvalue weighted by Crippen LogP contribution is -2.64. The van der Waals surface area contributed by atoms with Crippen LogP contribution in [-0.4, -0.2) is 71.5 Å². The van der Waals surface area contributed by atoms with Gasteiger partial charge in [0.1, 0.15) is 6.10 Å². The fourth-order valence-corrected chi connectivity index (χ4v) is 4.33. The monoisotopic (exact) mass is 517 g/mol. The summed E-state index contributed by atoms with van der Waals surface area (Å²) in [7, 11) is 0. The molecule has 2 saturated heterocycles. The van der Waals surface area contributed by atoms with E-state index in [0.29, 0.717) is 0 Å². The third-order valence-corrected chi connectivity index (χ3v) is 5.92. The highest BCUT2D eigenvalue weighted by atomic mass is 35.6. The molecule has 32 heavy (non-hydrogen) atoms. The average molecular weight is 519 g/mol. The molecule has 3 aliphatic rings. The number of halogens is 3. The van der Waals surface area contributed by atoms with Gasteiger partial charge in [-0.3, -0.25) is 9.59 Å². The predicted octanol–water partition coefficient (Wildman–Crippen LogP) is 2.75. The number of amides is 1. The third kappa shape index (κ3) is 6.30. The van der Waals surface area contributed by atoms with Crippen molar-refractivity contribution in [2.45, 2.75) is 86.2 Å². The molecule has 1 N–H and O–H groups in total. The van der Waals surface area contributed by atoms with Gasteiger partial charge in [0.2, 0.25) is 10.1 Å². The fraction of sp³-hybridized carbons (Fsp3) is 0.842. The molecular weight excluding hydrogens is 493 g/mol. The van der Waals surface area contributed by atoms with Crippen molar-refractivity contribution in [3.05, 3.63) is 0 Å². The van der Waals surface area contributed by atoms with Crippen LogP contribution in [0, 0.1) is 0 Å². The Morgan fingerprint density at radius 3 is 2.34 bits per heavy atom. The number of alkyl carbamates (subject to hydrolysis) is 1. The van der Waals surface area contributed by atoms with Crippen LogP contribution in [0.3, 0.4) is 0 Å². The minimum absolute atomic E-state index is 0.0235. The third-order valence-electron chi connectivity index (χ3n) is 5.39. The minimum Gasteiger partial charge on any atom is -0.459 e. The van der Waals surface area contributed by atoms with Crippen LogP contribution in [0.5, 0.6) is 0 Å². The van der Waals surface area contributed by atoms with Crippen LogP contribution < -0.4 is 5.32 Å². The van der Waals surface area contributed by atoms with E-state index in [0.717, 1.165) is 39.0 Å². The van der Waals surface area contributed by atoms with Gasteiger partial charge in [-0.15, -0.1) is 0 Å². The van der Waals surface area contributed by atoms with Gasteiger partial charge in [0.15, 0.2) is 18.8 Å². The standard InChI is InChI=1S/C19H26Cl3NO9/c1-10(24)27-9-18(32-11(2)25)15-14(30-16(31-15)19(20,21)22)13(8-28-18)29-17(26)23-12-6-4-3-5-7-12/h12-16H,3-9H2,1-2H3,(H,23,26)/t13-,14+,15+,16-,18-/m1/s1. The van der Waals surface area contributed by atoms with Crippen molar-refractivity contribution in [1.82, 2.24) is 5.32 Å². The van der Waals surface area contributed by atoms with Crippen LogP contribution in [0.25, 0.3) is 0 Å². The number of nitrogens with one attached hydrogen (secondary N) is 1. The van der Waals surface area contributed by atoms with E-state index in [9.17, 15) is 14.4 Å². The van der Waals surface area contributed by atoms with Gasteiger partial charge in [0.25, 0.3) is 5.79 Å². The van der Waals surface area contributed by atoms with Crippen molar-refractivity contribution in [3.8, 4) is 0 Å². The molecule has 0 aromatic rings. The number of hydrogen-bond acceptors (Lipinski definition) is 9. The van der Waals surface area contributed by atoms with Gasteiger partial charge in [-0.2, -0.15) is 0 Å². The molecule has 0 bridgehead atoms. The highest BCUT2D eigenvalue weighted by Gasteiger charge is 2.63. The van der Waals surface area contributed by atoms with E-state index in [-0.39, 0.29) is 12.6 Å². The van der Waals surface area contributed by atoms with E-state index >= 15 is 0 Å². The molecule has 0 aromatic heterocycles. The zero-order chi connectivity index (χ0) is 23.5. The molecule has 13 heteroatoms. The van der Waals surface area contributed by atoms with Crippen LogP contribution in [0.2, 0.25) is 0 Å². The molecule has 1 aliphatic carbocycles. The molecule has 0 unspecified atom stereocenters. The second-order valence-corrected chi connectivity index (χ2v) is 10.3.